The number of phenols is 13. The van der Waals surface area contributed by atoms with Crippen molar-refractivity contribution in [2.45, 2.75) is 30.7 Å². The maximum Gasteiger partial charge on any atom is 0.344 e. The minimum Gasteiger partial charge on any atom is -0.504 e. The third-order valence-corrected chi connectivity index (χ3v) is 9.38. The zero-order chi connectivity index (χ0) is 49.3. The molecule has 0 saturated carbocycles. The van der Waals surface area contributed by atoms with Crippen LogP contribution < -0.4 is 9.47 Å². The molecule has 0 aliphatic carbocycles. The van der Waals surface area contributed by atoms with Gasteiger partial charge in [-0.1, -0.05) is 0 Å². The maximum absolute atomic E-state index is 13.4. The van der Waals surface area contributed by atoms with Crippen molar-refractivity contribution in [3.05, 3.63) is 88.5 Å². The van der Waals surface area contributed by atoms with E-state index < -0.39 is 181 Å². The van der Waals surface area contributed by atoms with Crippen LogP contribution in [0.5, 0.6) is 86.2 Å². The molecule has 0 bridgehead atoms. The number of aromatic hydroxyl groups is 13. The van der Waals surface area contributed by atoms with Gasteiger partial charge in [-0.15, -0.1) is 0 Å². The summed E-state index contributed by atoms with van der Waals surface area (Å²) in [5.74, 6) is -22.3. The summed E-state index contributed by atoms with van der Waals surface area (Å²) in [4.78, 5) is 64.8. The van der Waals surface area contributed by atoms with Crippen LogP contribution in [0, 0.1) is 0 Å². The van der Waals surface area contributed by atoms with E-state index in [-0.39, 0.29) is 0 Å². The number of carbonyl (C=O) groups is 5. The highest BCUT2D eigenvalue weighted by Crippen LogP contribution is 2.42. The molecule has 6 rings (SSSR count). The molecule has 67 heavy (non-hydrogen) atoms. The fraction of sp³-hybridized carbons (Fsp3) is 0.146. The second kappa shape index (κ2) is 18.4. The zero-order valence-corrected chi connectivity index (χ0v) is 33.1. The van der Waals surface area contributed by atoms with Crippen molar-refractivity contribution >= 4 is 29.8 Å². The highest BCUT2D eigenvalue weighted by molar-refractivity contribution is 5.96. The molecule has 0 amide bonds. The Morgan fingerprint density at radius 3 is 1.03 bits per heavy atom. The molecular weight excluding hydrogens is 908 g/mol. The van der Waals surface area contributed by atoms with Crippen molar-refractivity contribution in [3.8, 4) is 86.2 Å². The Kier molecular flexibility index (Phi) is 13.0. The Morgan fingerprint density at radius 1 is 0.403 bits per heavy atom. The van der Waals surface area contributed by atoms with E-state index in [9.17, 15) is 101 Å². The molecule has 26 heteroatoms. The molecule has 0 unspecified atom stereocenters. The van der Waals surface area contributed by atoms with Gasteiger partial charge in [0.05, 0.1) is 27.8 Å². The molecule has 5 aromatic carbocycles. The van der Waals surface area contributed by atoms with Crippen molar-refractivity contribution in [2.24, 2.45) is 0 Å². The monoisotopic (exact) mass is 940 g/mol. The van der Waals surface area contributed by atoms with Crippen LogP contribution in [0.2, 0.25) is 0 Å². The van der Waals surface area contributed by atoms with E-state index in [1.54, 1.807) is 0 Å². The highest BCUT2D eigenvalue weighted by atomic mass is 16.7. The Bertz CT molecular complexity index is 2720. The van der Waals surface area contributed by atoms with Crippen molar-refractivity contribution in [1.82, 2.24) is 0 Å². The summed E-state index contributed by atoms with van der Waals surface area (Å²) in [6.07, 6.45) is -11.1. The average Bonchev–Trinajstić information content (AvgIpc) is 3.26. The molecule has 5 aromatic rings. The summed E-state index contributed by atoms with van der Waals surface area (Å²) in [6, 6.07) is 6.29. The van der Waals surface area contributed by atoms with Crippen LogP contribution in [0.1, 0.15) is 51.8 Å². The number of phenolic OH excluding ortho intramolecular Hbond substituents is 13. The predicted molar refractivity (Wildman–Crippen MR) is 209 cm³/mol. The molecule has 1 fully saturated rings. The SMILES string of the molecule is O=C(OC[C@H]1O[C@@H](O)[C@H](OC(=O)c2cc(O)c(OC(=O)c3cc(O)c(O)c(O)c3)c(O)c2)[C@@H](OC(=O)c2cc(O)c(O)c(O)c2)[C@@H]1O)c1cc(O)c(OC(=O)c2cc(O)c(O)c(O)c2)c(O)c1. The summed E-state index contributed by atoms with van der Waals surface area (Å²) in [6.45, 7) is -1.07. The smallest absolute Gasteiger partial charge is 0.344 e. The van der Waals surface area contributed by atoms with Crippen LogP contribution in [-0.4, -0.2) is 144 Å². The number of aliphatic hydroxyl groups is 2. The van der Waals surface area contributed by atoms with Gasteiger partial charge in [-0.2, -0.15) is 0 Å². The fourth-order valence-corrected chi connectivity index (χ4v) is 6.04. The van der Waals surface area contributed by atoms with Crippen LogP contribution in [0.25, 0.3) is 0 Å². The number of benzene rings is 5. The Morgan fingerprint density at radius 2 is 0.687 bits per heavy atom. The minimum absolute atomic E-state index is 0.559. The lowest BCUT2D eigenvalue weighted by atomic mass is 9.98. The molecule has 1 aliphatic heterocycles. The third kappa shape index (κ3) is 9.79. The molecule has 1 aliphatic rings. The molecule has 26 nitrogen and oxygen atoms in total. The predicted octanol–water partition coefficient (Wildman–Crippen LogP) is 0.984. The summed E-state index contributed by atoms with van der Waals surface area (Å²) in [5.41, 5.74) is -3.25. The molecule has 15 N–H and O–H groups in total. The van der Waals surface area contributed by atoms with Gasteiger partial charge in [0.15, 0.2) is 93.2 Å². The standard InChI is InChI=1S/C41H32O26/c42-17-1-13(2-18(43)28(17)52)37(57)64-32-23(48)7-12(8-24(32)49)36(56)62-11-27-31(55)34(66-39(59)15-5-21(46)30(54)22(47)6-15)35(41(61)63-27)67-40(60)16-9-25(50)33(26(51)10-16)65-38(58)14-3-19(44)29(53)20(45)4-14/h1-10,27,31,34-35,41-55,61H,11H2/t27-,31-,34+,35-,41-/m1/s1. The summed E-state index contributed by atoms with van der Waals surface area (Å²) in [7, 11) is 0. The van der Waals surface area contributed by atoms with Crippen molar-refractivity contribution in [1.29, 1.82) is 0 Å². The van der Waals surface area contributed by atoms with Gasteiger partial charge in [0.1, 0.15) is 18.8 Å². The maximum atomic E-state index is 13.4. The van der Waals surface area contributed by atoms with Crippen molar-refractivity contribution in [2.75, 3.05) is 6.61 Å². The number of aliphatic hydroxyl groups excluding tert-OH is 2. The van der Waals surface area contributed by atoms with E-state index in [0.717, 1.165) is 0 Å². The molecular formula is C41H32O26. The van der Waals surface area contributed by atoms with Gasteiger partial charge in [0, 0.05) is 0 Å². The van der Waals surface area contributed by atoms with Gasteiger partial charge in [-0.3, -0.25) is 0 Å². The fourth-order valence-electron chi connectivity index (χ4n) is 6.04. The summed E-state index contributed by atoms with van der Waals surface area (Å²) < 4.78 is 30.7. The van der Waals surface area contributed by atoms with Gasteiger partial charge in [0.2, 0.25) is 11.5 Å². The number of ether oxygens (including phenoxy) is 6. The van der Waals surface area contributed by atoms with E-state index in [1.807, 2.05) is 0 Å². The molecule has 0 radical (unpaired) electrons. The molecule has 0 aromatic heterocycles. The third-order valence-electron chi connectivity index (χ3n) is 9.38. The molecule has 352 valence electrons. The normalized spacial score (nSPS) is 17.7. The number of carbonyl (C=O) groups excluding carboxylic acids is 5. The number of hydrogen-bond donors (Lipinski definition) is 15. The van der Waals surface area contributed by atoms with Crippen molar-refractivity contribution in [3.63, 3.8) is 0 Å². The number of hydrogen-bond acceptors (Lipinski definition) is 26. The first-order valence-electron chi connectivity index (χ1n) is 18.4. The Balaban J connectivity index is 1.20. The van der Waals surface area contributed by atoms with Gasteiger partial charge < -0.3 is 105 Å². The van der Waals surface area contributed by atoms with Gasteiger partial charge in [-0.25, -0.2) is 24.0 Å². The second-order valence-electron chi connectivity index (χ2n) is 13.9. The van der Waals surface area contributed by atoms with Gasteiger partial charge in [0.25, 0.3) is 0 Å². The lowest BCUT2D eigenvalue weighted by Crippen LogP contribution is -2.61. The topological polar surface area (TPSA) is 444 Å². The van der Waals surface area contributed by atoms with Gasteiger partial charge in [-0.05, 0) is 60.7 Å². The quantitative estimate of drug-likeness (QED) is 0.0380. The molecule has 0 spiro atoms. The summed E-state index contributed by atoms with van der Waals surface area (Å²) >= 11 is 0. The average molecular weight is 941 g/mol. The van der Waals surface area contributed by atoms with E-state index in [0.29, 0.717) is 60.7 Å². The van der Waals surface area contributed by atoms with Crippen LogP contribution in [0.4, 0.5) is 0 Å². The first-order valence-corrected chi connectivity index (χ1v) is 18.4. The largest absolute Gasteiger partial charge is 0.504 e. The molecule has 5 atom stereocenters. The van der Waals surface area contributed by atoms with Crippen LogP contribution >= 0.6 is 0 Å². The lowest BCUT2D eigenvalue weighted by Gasteiger charge is -2.41. The van der Waals surface area contributed by atoms with E-state index in [1.165, 1.54) is 0 Å². The zero-order valence-electron chi connectivity index (χ0n) is 33.1. The van der Waals surface area contributed by atoms with E-state index in [4.69, 9.17) is 28.4 Å². The Hall–Kier alpha value is -9.27. The summed E-state index contributed by atoms with van der Waals surface area (Å²) in [5, 5.41) is 152. The highest BCUT2D eigenvalue weighted by Gasteiger charge is 2.50. The first kappa shape index (κ1) is 47.2. The Labute approximate surface area is 370 Å². The molecule has 1 heterocycles. The second-order valence-corrected chi connectivity index (χ2v) is 13.9. The van der Waals surface area contributed by atoms with E-state index in [2.05, 4.69) is 0 Å². The minimum atomic E-state index is -2.42. The molecule has 1 saturated heterocycles. The van der Waals surface area contributed by atoms with Crippen LogP contribution in [0.3, 0.4) is 0 Å². The van der Waals surface area contributed by atoms with Gasteiger partial charge >= 0.3 is 29.8 Å². The first-order chi connectivity index (χ1) is 31.4. The number of rotatable bonds is 11. The lowest BCUT2D eigenvalue weighted by molar-refractivity contribution is -0.284. The van der Waals surface area contributed by atoms with Crippen molar-refractivity contribution < 1.29 is 129 Å². The van der Waals surface area contributed by atoms with Crippen LogP contribution in [0.15, 0.2) is 60.7 Å². The van der Waals surface area contributed by atoms with Crippen LogP contribution in [-0.2, 0) is 18.9 Å². The van der Waals surface area contributed by atoms with E-state index >= 15 is 0 Å². The number of esters is 5.